The molecule has 0 saturated heterocycles. The molecule has 3 heteroatoms. The van der Waals surface area contributed by atoms with E-state index < -0.39 is 0 Å². The van der Waals surface area contributed by atoms with E-state index in [0.717, 1.165) is 16.7 Å². The van der Waals surface area contributed by atoms with Gasteiger partial charge in [-0.3, -0.25) is 10.2 Å². The van der Waals surface area contributed by atoms with Crippen LogP contribution in [0.15, 0.2) is 12.1 Å². The van der Waals surface area contributed by atoms with E-state index in [1.54, 1.807) is 6.08 Å². The Morgan fingerprint density at radius 3 is 2.60 bits per heavy atom. The number of carbonyl (C=O) groups excluding carboxylic acids is 1. The molecule has 0 unspecified atom stereocenters. The highest BCUT2D eigenvalue weighted by Gasteiger charge is 2.21. The van der Waals surface area contributed by atoms with Gasteiger partial charge in [-0.15, -0.1) is 0 Å². The van der Waals surface area contributed by atoms with Crippen LogP contribution < -0.4 is 5.73 Å². The summed E-state index contributed by atoms with van der Waals surface area (Å²) in [6.07, 6.45) is 3.14. The lowest BCUT2D eigenvalue weighted by Gasteiger charge is -2.17. The molecule has 0 aliphatic heterocycles. The number of anilines is 1. The molecule has 15 heavy (non-hydrogen) atoms. The summed E-state index contributed by atoms with van der Waals surface area (Å²) < 4.78 is 0. The number of nitrogen functional groups attached to an aromatic ring is 1. The Hall–Kier alpha value is -1.90. The average molecular weight is 200 g/mol. The third kappa shape index (κ3) is 1.28. The second-order valence-electron chi connectivity index (χ2n) is 3.77. The van der Waals surface area contributed by atoms with Gasteiger partial charge in [0.05, 0.1) is 0 Å². The van der Waals surface area contributed by atoms with Crippen LogP contribution in [0.25, 0.3) is 6.08 Å². The van der Waals surface area contributed by atoms with Gasteiger partial charge in [-0.2, -0.15) is 0 Å². The smallest absolute Gasteiger partial charge is 0.204 e. The third-order valence-corrected chi connectivity index (χ3v) is 2.84. The van der Waals surface area contributed by atoms with Crippen LogP contribution in [-0.2, 0) is 4.79 Å². The summed E-state index contributed by atoms with van der Waals surface area (Å²) >= 11 is 0. The number of aryl methyl sites for hydroxylation is 1. The van der Waals surface area contributed by atoms with Gasteiger partial charge in [0.25, 0.3) is 0 Å². The molecule has 76 valence electrons. The van der Waals surface area contributed by atoms with E-state index in [9.17, 15) is 4.79 Å². The van der Waals surface area contributed by atoms with Crippen molar-refractivity contribution in [3.05, 3.63) is 34.4 Å². The summed E-state index contributed by atoms with van der Waals surface area (Å²) in [6, 6.07) is 1.96. The first kappa shape index (κ1) is 9.65. The maximum atomic E-state index is 11.3. The summed E-state index contributed by atoms with van der Waals surface area (Å²) in [5.41, 5.74) is 9.94. The van der Waals surface area contributed by atoms with Crippen LogP contribution in [0.2, 0.25) is 0 Å². The Balaban J connectivity index is 2.81. The van der Waals surface area contributed by atoms with E-state index in [0.29, 0.717) is 11.3 Å². The molecule has 0 aromatic heterocycles. The fourth-order valence-electron chi connectivity index (χ4n) is 1.75. The maximum Gasteiger partial charge on any atom is 0.204 e. The number of nitrogens with two attached hydrogens (primary N) is 1. The van der Waals surface area contributed by atoms with Crippen molar-refractivity contribution in [2.24, 2.45) is 0 Å². The maximum absolute atomic E-state index is 11.3. The number of allylic oxidation sites excluding steroid dienone is 1. The SMILES string of the molecule is Cc1cc2c(c(N)c1C)C(=N)C(=O)C=C2. The van der Waals surface area contributed by atoms with Crippen molar-refractivity contribution in [2.45, 2.75) is 13.8 Å². The van der Waals surface area contributed by atoms with Crippen LogP contribution >= 0.6 is 0 Å². The molecule has 0 bridgehead atoms. The van der Waals surface area contributed by atoms with Crippen molar-refractivity contribution in [3.63, 3.8) is 0 Å². The molecule has 0 atom stereocenters. The minimum absolute atomic E-state index is 0.00639. The summed E-state index contributed by atoms with van der Waals surface area (Å²) in [5, 5.41) is 7.70. The molecular formula is C12H12N2O. The van der Waals surface area contributed by atoms with Crippen LogP contribution in [0.4, 0.5) is 5.69 Å². The number of ketones is 1. The lowest BCUT2D eigenvalue weighted by Crippen LogP contribution is -2.19. The first-order valence-electron chi connectivity index (χ1n) is 4.73. The van der Waals surface area contributed by atoms with Gasteiger partial charge in [0.1, 0.15) is 5.71 Å². The zero-order valence-electron chi connectivity index (χ0n) is 8.72. The van der Waals surface area contributed by atoms with Crippen LogP contribution in [-0.4, -0.2) is 11.5 Å². The van der Waals surface area contributed by atoms with Crippen molar-refractivity contribution in [2.75, 3.05) is 5.73 Å². The number of rotatable bonds is 0. The summed E-state index contributed by atoms with van der Waals surface area (Å²) in [4.78, 5) is 11.3. The van der Waals surface area contributed by atoms with Crippen LogP contribution in [0, 0.1) is 19.3 Å². The molecule has 3 N–H and O–H groups in total. The molecule has 1 aliphatic rings. The first-order chi connectivity index (χ1) is 7.02. The van der Waals surface area contributed by atoms with Crippen LogP contribution in [0.1, 0.15) is 22.3 Å². The molecule has 1 aromatic carbocycles. The van der Waals surface area contributed by atoms with Gasteiger partial charge in [-0.1, -0.05) is 12.1 Å². The Morgan fingerprint density at radius 2 is 1.93 bits per heavy atom. The monoisotopic (exact) mass is 200 g/mol. The Labute approximate surface area is 88.1 Å². The summed E-state index contributed by atoms with van der Waals surface area (Å²) in [5.74, 6) is -0.280. The number of nitrogens with one attached hydrogen (secondary N) is 1. The zero-order valence-corrected chi connectivity index (χ0v) is 8.72. The van der Waals surface area contributed by atoms with E-state index >= 15 is 0 Å². The topological polar surface area (TPSA) is 66.9 Å². The van der Waals surface area contributed by atoms with Crippen LogP contribution in [0.3, 0.4) is 0 Å². The molecule has 0 amide bonds. The minimum atomic E-state index is -0.280. The summed E-state index contributed by atoms with van der Waals surface area (Å²) in [6.45, 7) is 3.88. The second-order valence-corrected chi connectivity index (χ2v) is 3.77. The number of hydrogen-bond donors (Lipinski definition) is 2. The van der Waals surface area contributed by atoms with Gasteiger partial charge in [0, 0.05) is 11.3 Å². The fraction of sp³-hybridized carbons (Fsp3) is 0.167. The highest BCUT2D eigenvalue weighted by molar-refractivity contribution is 6.52. The van der Waals surface area contributed by atoms with Gasteiger partial charge in [-0.25, -0.2) is 0 Å². The zero-order chi connectivity index (χ0) is 11.2. The Bertz CT molecular complexity index is 513. The van der Waals surface area contributed by atoms with Crippen molar-refractivity contribution in [3.8, 4) is 0 Å². The average Bonchev–Trinajstić information content (AvgIpc) is 2.20. The molecule has 0 spiro atoms. The number of benzene rings is 1. The number of fused-ring (bicyclic) bond motifs is 1. The van der Waals surface area contributed by atoms with Crippen LogP contribution in [0.5, 0.6) is 0 Å². The standard InChI is InChI=1S/C12H12N2O/c1-6-5-8-3-4-9(15)12(14)10(8)11(13)7(6)2/h3-5,14H,13H2,1-2H3. The molecule has 2 rings (SSSR count). The molecule has 1 aliphatic carbocycles. The van der Waals surface area contributed by atoms with Gasteiger partial charge in [-0.05, 0) is 36.6 Å². The quantitative estimate of drug-likeness (QED) is 0.627. The second kappa shape index (κ2) is 3.05. The number of hydrogen-bond acceptors (Lipinski definition) is 3. The van der Waals surface area contributed by atoms with E-state index in [2.05, 4.69) is 0 Å². The van der Waals surface area contributed by atoms with Crippen molar-refractivity contribution >= 4 is 23.3 Å². The van der Waals surface area contributed by atoms with E-state index in [4.69, 9.17) is 11.1 Å². The minimum Gasteiger partial charge on any atom is -0.398 e. The predicted molar refractivity (Wildman–Crippen MR) is 61.2 cm³/mol. The van der Waals surface area contributed by atoms with Gasteiger partial charge < -0.3 is 5.73 Å². The van der Waals surface area contributed by atoms with E-state index in [1.807, 2.05) is 19.9 Å². The highest BCUT2D eigenvalue weighted by Crippen LogP contribution is 2.28. The Kier molecular flexibility index (Phi) is 1.96. The van der Waals surface area contributed by atoms with E-state index in [-0.39, 0.29) is 11.5 Å². The normalized spacial score (nSPS) is 14.3. The molecule has 0 fully saturated rings. The molecule has 3 nitrogen and oxygen atoms in total. The van der Waals surface area contributed by atoms with Gasteiger partial charge in [0.2, 0.25) is 5.78 Å². The number of carbonyl (C=O) groups is 1. The van der Waals surface area contributed by atoms with Crippen molar-refractivity contribution in [1.29, 1.82) is 5.41 Å². The van der Waals surface area contributed by atoms with Crippen molar-refractivity contribution in [1.82, 2.24) is 0 Å². The van der Waals surface area contributed by atoms with Gasteiger partial charge in [0.15, 0.2) is 0 Å². The molecule has 0 radical (unpaired) electrons. The highest BCUT2D eigenvalue weighted by atomic mass is 16.1. The molecular weight excluding hydrogens is 188 g/mol. The molecule has 0 heterocycles. The predicted octanol–water partition coefficient (Wildman–Crippen LogP) is 1.85. The first-order valence-corrected chi connectivity index (χ1v) is 4.73. The van der Waals surface area contributed by atoms with Crippen molar-refractivity contribution < 1.29 is 4.79 Å². The molecule has 0 saturated carbocycles. The van der Waals surface area contributed by atoms with E-state index in [1.165, 1.54) is 6.08 Å². The molecule has 1 aromatic rings. The Morgan fingerprint density at radius 1 is 1.27 bits per heavy atom. The fourth-order valence-corrected chi connectivity index (χ4v) is 1.75. The largest absolute Gasteiger partial charge is 0.398 e. The van der Waals surface area contributed by atoms with Gasteiger partial charge >= 0.3 is 0 Å². The third-order valence-electron chi connectivity index (χ3n) is 2.84. The summed E-state index contributed by atoms with van der Waals surface area (Å²) in [7, 11) is 0. The lowest BCUT2D eigenvalue weighted by atomic mass is 9.89. The lowest BCUT2D eigenvalue weighted by molar-refractivity contribution is -0.108.